The van der Waals surface area contributed by atoms with Crippen molar-refractivity contribution in [3.05, 3.63) is 59.2 Å². The van der Waals surface area contributed by atoms with E-state index < -0.39 is 23.9 Å². The number of unbranched alkanes of at least 4 members (excludes halogenated alkanes) is 24. The molecule has 1 heterocycles. The maximum absolute atomic E-state index is 12.9. The lowest BCUT2D eigenvalue weighted by Crippen LogP contribution is -2.34. The van der Waals surface area contributed by atoms with Crippen molar-refractivity contribution in [1.29, 1.82) is 0 Å². The summed E-state index contributed by atoms with van der Waals surface area (Å²) in [6.07, 6.45) is 38.8. The first-order chi connectivity index (χ1) is 36.8. The molecule has 436 valence electrons. The van der Waals surface area contributed by atoms with E-state index >= 15 is 0 Å². The number of hydrogen-bond acceptors (Lipinski definition) is 8. The summed E-state index contributed by atoms with van der Waals surface area (Å²) in [5, 5.41) is 33.4. The SMILES string of the molecule is CCCCCCCCCC(=O)O.CCCCCCCCCC(=O)O.CCCCCCCCCC(=O)O.CCCCCCCCCC(=O)O.COc1cc2c(cc1OC)C(=O)C(CC1CCN(Cc3ccccc3)CC1)C2. The molecule has 0 aromatic heterocycles. The predicted octanol–water partition coefficient (Wildman–Crippen LogP) is 17.2. The van der Waals surface area contributed by atoms with E-state index in [1.165, 1.54) is 147 Å². The van der Waals surface area contributed by atoms with Gasteiger partial charge in [0.1, 0.15) is 0 Å². The van der Waals surface area contributed by atoms with Gasteiger partial charge in [-0.25, -0.2) is 0 Å². The molecule has 1 fully saturated rings. The number of carboxylic acid groups (broad SMARTS) is 4. The molecule has 0 spiro atoms. The van der Waals surface area contributed by atoms with Gasteiger partial charge in [0.15, 0.2) is 17.3 Å². The molecule has 1 aliphatic carbocycles. The zero-order valence-electron chi connectivity index (χ0n) is 48.9. The first-order valence-electron chi connectivity index (χ1n) is 30.2. The summed E-state index contributed by atoms with van der Waals surface area (Å²) in [6, 6.07) is 14.5. The second-order valence-electron chi connectivity index (χ2n) is 21.1. The van der Waals surface area contributed by atoms with Gasteiger partial charge in [0.2, 0.25) is 0 Å². The van der Waals surface area contributed by atoms with E-state index in [1.54, 1.807) is 14.2 Å². The Morgan fingerprint density at radius 1 is 0.487 bits per heavy atom. The molecule has 0 bridgehead atoms. The largest absolute Gasteiger partial charge is 0.493 e. The van der Waals surface area contributed by atoms with Gasteiger partial charge in [-0.1, -0.05) is 212 Å². The monoisotopic (exact) mass is 1070 g/mol. The minimum Gasteiger partial charge on any atom is -0.493 e. The van der Waals surface area contributed by atoms with E-state index in [2.05, 4.69) is 62.9 Å². The third kappa shape index (κ3) is 40.8. The van der Waals surface area contributed by atoms with Crippen LogP contribution in [0.5, 0.6) is 11.5 Å². The Morgan fingerprint density at radius 3 is 1.14 bits per heavy atom. The van der Waals surface area contributed by atoms with Crippen LogP contribution >= 0.6 is 0 Å². The number of aliphatic carboxylic acids is 4. The lowest BCUT2D eigenvalue weighted by atomic mass is 9.85. The van der Waals surface area contributed by atoms with Crippen LogP contribution in [0.25, 0.3) is 0 Å². The minimum absolute atomic E-state index is 0.109. The number of ether oxygens (including phenoxy) is 2. The van der Waals surface area contributed by atoms with E-state index in [-0.39, 0.29) is 11.7 Å². The van der Waals surface area contributed by atoms with Gasteiger partial charge in [0.05, 0.1) is 14.2 Å². The number of piperidine rings is 1. The van der Waals surface area contributed by atoms with Crippen molar-refractivity contribution >= 4 is 29.7 Å². The summed E-state index contributed by atoms with van der Waals surface area (Å²) in [5.41, 5.74) is 3.31. The average molecular weight is 1070 g/mol. The Labute approximate surface area is 461 Å². The Hall–Kier alpha value is -4.45. The smallest absolute Gasteiger partial charge is 0.303 e. The van der Waals surface area contributed by atoms with Crippen LogP contribution in [-0.2, 0) is 32.1 Å². The molecule has 2 aromatic rings. The normalized spacial score (nSPS) is 13.8. The van der Waals surface area contributed by atoms with Crippen LogP contribution in [0.1, 0.15) is 274 Å². The van der Waals surface area contributed by atoms with Crippen molar-refractivity contribution in [3.8, 4) is 11.5 Å². The Bertz CT molecular complexity index is 1630. The van der Waals surface area contributed by atoms with Crippen molar-refractivity contribution < 1.29 is 53.9 Å². The summed E-state index contributed by atoms with van der Waals surface area (Å²) in [7, 11) is 3.26. The second-order valence-corrected chi connectivity index (χ2v) is 21.1. The molecule has 1 unspecified atom stereocenters. The first-order valence-corrected chi connectivity index (χ1v) is 30.2. The molecule has 0 amide bonds. The van der Waals surface area contributed by atoms with Crippen LogP contribution in [0.4, 0.5) is 0 Å². The molecule has 2 aromatic carbocycles. The number of ketones is 1. The number of rotatable bonds is 38. The summed E-state index contributed by atoms with van der Waals surface area (Å²) in [6.45, 7) is 12.1. The van der Waals surface area contributed by atoms with Crippen molar-refractivity contribution in [2.24, 2.45) is 11.8 Å². The molecular weight excluding hydrogens is 959 g/mol. The van der Waals surface area contributed by atoms with Crippen LogP contribution in [0, 0.1) is 11.8 Å². The highest BCUT2D eigenvalue weighted by molar-refractivity contribution is 6.03. The van der Waals surface area contributed by atoms with Crippen LogP contribution in [0.15, 0.2) is 42.5 Å². The van der Waals surface area contributed by atoms with Crippen molar-refractivity contribution in [3.63, 3.8) is 0 Å². The fourth-order valence-corrected chi connectivity index (χ4v) is 9.65. The summed E-state index contributed by atoms with van der Waals surface area (Å²) in [5.74, 6) is -0.271. The van der Waals surface area contributed by atoms with Crippen molar-refractivity contribution in [2.45, 2.75) is 265 Å². The number of methoxy groups -OCH3 is 2. The van der Waals surface area contributed by atoms with Gasteiger partial charge in [-0.05, 0) is 93.6 Å². The van der Waals surface area contributed by atoms with Gasteiger partial charge in [0, 0.05) is 43.7 Å². The van der Waals surface area contributed by atoms with Gasteiger partial charge in [-0.15, -0.1) is 0 Å². The van der Waals surface area contributed by atoms with E-state index in [4.69, 9.17) is 29.9 Å². The highest BCUT2D eigenvalue weighted by atomic mass is 16.5. The quantitative estimate of drug-likeness (QED) is 0.0467. The van der Waals surface area contributed by atoms with Gasteiger partial charge in [-0.3, -0.25) is 28.9 Å². The van der Waals surface area contributed by atoms with Gasteiger partial charge in [-0.2, -0.15) is 0 Å². The molecule has 76 heavy (non-hydrogen) atoms. The highest BCUT2D eigenvalue weighted by Crippen LogP contribution is 2.39. The van der Waals surface area contributed by atoms with E-state index in [0.717, 1.165) is 95.0 Å². The first kappa shape index (κ1) is 71.5. The molecule has 1 aliphatic heterocycles. The zero-order valence-corrected chi connectivity index (χ0v) is 48.9. The predicted molar refractivity (Wildman–Crippen MR) is 311 cm³/mol. The van der Waals surface area contributed by atoms with Crippen molar-refractivity contribution in [1.82, 2.24) is 4.90 Å². The van der Waals surface area contributed by atoms with Gasteiger partial charge in [0.25, 0.3) is 0 Å². The Kier molecular flexibility index (Phi) is 47.1. The number of likely N-dealkylation sites (tertiary alicyclic amines) is 1. The van der Waals surface area contributed by atoms with Crippen molar-refractivity contribution in [2.75, 3.05) is 27.3 Å². The van der Waals surface area contributed by atoms with Crippen LogP contribution in [0.2, 0.25) is 0 Å². The minimum atomic E-state index is -0.663. The van der Waals surface area contributed by atoms with E-state index in [1.807, 2.05) is 12.1 Å². The summed E-state index contributed by atoms with van der Waals surface area (Å²) in [4.78, 5) is 56.0. The lowest BCUT2D eigenvalue weighted by molar-refractivity contribution is -0.138. The topological polar surface area (TPSA) is 188 Å². The highest BCUT2D eigenvalue weighted by Gasteiger charge is 2.34. The lowest BCUT2D eigenvalue weighted by Gasteiger charge is -2.32. The fourth-order valence-electron chi connectivity index (χ4n) is 9.65. The number of carbonyl (C=O) groups is 5. The zero-order chi connectivity index (χ0) is 56.4. The fraction of sp³-hybridized carbons (Fsp3) is 0.734. The molecule has 4 rings (SSSR count). The number of carbonyl (C=O) groups excluding carboxylic acids is 1. The molecule has 1 saturated heterocycles. The van der Waals surface area contributed by atoms with E-state index in [0.29, 0.717) is 43.1 Å². The molecule has 12 nitrogen and oxygen atoms in total. The summed E-state index contributed by atoms with van der Waals surface area (Å²) >= 11 is 0. The molecular formula is C64H109NO11. The average Bonchev–Trinajstić information content (AvgIpc) is 3.70. The standard InChI is InChI=1S/C24H29NO3.4C10H20O2/c1-27-22-14-19-13-20(24(26)21(19)15-23(22)28-2)12-17-8-10-25(11-9-17)16-18-6-4-3-5-7-18;4*1-2-3-4-5-6-7-8-9-10(11)12/h3-7,14-15,17,20H,8-13,16H2,1-2H3;4*2-9H2,1H3,(H,11,12). The number of Topliss-reactive ketones (excluding diaryl/α,β-unsaturated/α-hetero) is 1. The second kappa shape index (κ2) is 50.1. The maximum Gasteiger partial charge on any atom is 0.303 e. The third-order valence-electron chi connectivity index (χ3n) is 14.3. The van der Waals surface area contributed by atoms with Crippen LogP contribution in [-0.4, -0.2) is 82.3 Å². The van der Waals surface area contributed by atoms with E-state index in [9.17, 15) is 24.0 Å². The molecule has 0 saturated carbocycles. The molecule has 1 atom stereocenters. The van der Waals surface area contributed by atoms with Crippen LogP contribution < -0.4 is 9.47 Å². The molecule has 0 radical (unpaired) electrons. The molecule has 2 aliphatic rings. The number of benzene rings is 2. The Morgan fingerprint density at radius 2 is 0.816 bits per heavy atom. The molecule has 4 N–H and O–H groups in total. The van der Waals surface area contributed by atoms with Gasteiger partial charge < -0.3 is 29.9 Å². The van der Waals surface area contributed by atoms with Crippen LogP contribution in [0.3, 0.4) is 0 Å². The third-order valence-corrected chi connectivity index (χ3v) is 14.3. The van der Waals surface area contributed by atoms with Gasteiger partial charge >= 0.3 is 23.9 Å². The summed E-state index contributed by atoms with van der Waals surface area (Å²) < 4.78 is 10.8. The maximum atomic E-state index is 12.9. The molecule has 12 heteroatoms. The number of carboxylic acids is 4. The Balaban J connectivity index is 0.000001000. The number of fused-ring (bicyclic) bond motifs is 1. The number of nitrogens with zero attached hydrogens (tertiary/aromatic N) is 1. The number of hydrogen-bond donors (Lipinski definition) is 4.